The van der Waals surface area contributed by atoms with Gasteiger partial charge >= 0.3 is 0 Å². The minimum atomic E-state index is 0.516. The minimum absolute atomic E-state index is 0.516. The summed E-state index contributed by atoms with van der Waals surface area (Å²) < 4.78 is 7.51. The van der Waals surface area contributed by atoms with Gasteiger partial charge in [-0.1, -0.05) is 6.08 Å². The van der Waals surface area contributed by atoms with Crippen molar-refractivity contribution in [3.05, 3.63) is 30.1 Å². The monoisotopic (exact) mass is 257 g/mol. The molecule has 1 aromatic heterocycles. The molecule has 0 aromatic carbocycles. The molecule has 1 saturated heterocycles. The topological polar surface area (TPSA) is 50.8 Å². The van der Waals surface area contributed by atoms with E-state index >= 15 is 0 Å². The number of rotatable bonds is 3. The molecule has 0 unspecified atom stereocenters. The molecule has 2 fully saturated rings. The van der Waals surface area contributed by atoms with Gasteiger partial charge in [0.2, 0.25) is 0 Å². The highest BCUT2D eigenvalue weighted by Crippen LogP contribution is 2.39. The van der Waals surface area contributed by atoms with Gasteiger partial charge in [-0.05, 0) is 43.1 Å². The smallest absolute Gasteiger partial charge is 0.0908 e. The van der Waals surface area contributed by atoms with Crippen LogP contribution in [0.5, 0.6) is 0 Å². The highest BCUT2D eigenvalue weighted by Gasteiger charge is 2.29. The normalized spacial score (nSPS) is 28.2. The Hall–Kier alpha value is -1.60. The van der Waals surface area contributed by atoms with Crippen molar-refractivity contribution >= 4 is 0 Å². The van der Waals surface area contributed by atoms with E-state index in [-0.39, 0.29) is 0 Å². The maximum Gasteiger partial charge on any atom is 0.0908 e. The predicted molar refractivity (Wildman–Crippen MR) is 71.5 cm³/mol. The molecule has 0 amide bonds. The number of nitrogens with zero attached hydrogens (tertiary/aromatic N) is 3. The van der Waals surface area contributed by atoms with Gasteiger partial charge in [-0.2, -0.15) is 10.4 Å². The largest absolute Gasteiger partial charge is 0.381 e. The van der Waals surface area contributed by atoms with Crippen molar-refractivity contribution in [2.24, 2.45) is 5.92 Å². The van der Waals surface area contributed by atoms with Gasteiger partial charge in [-0.3, -0.25) is 4.68 Å². The van der Waals surface area contributed by atoms with Crippen molar-refractivity contribution in [2.45, 2.75) is 37.6 Å². The summed E-state index contributed by atoms with van der Waals surface area (Å²) in [6, 6.07) is 2.57. The maximum atomic E-state index is 8.50. The first kappa shape index (κ1) is 12.4. The Morgan fingerprint density at radius 3 is 2.89 bits per heavy atom. The van der Waals surface area contributed by atoms with E-state index in [1.807, 2.05) is 12.3 Å². The van der Waals surface area contributed by atoms with E-state index in [2.05, 4.69) is 22.0 Å². The molecule has 0 radical (unpaired) electrons. The summed E-state index contributed by atoms with van der Waals surface area (Å²) in [5.41, 5.74) is 1.36. The van der Waals surface area contributed by atoms with Crippen molar-refractivity contribution in [1.82, 2.24) is 9.78 Å². The molecule has 2 aliphatic rings. The molecule has 0 atom stereocenters. The molecule has 0 spiro atoms. The molecule has 3 rings (SSSR count). The summed E-state index contributed by atoms with van der Waals surface area (Å²) in [6.45, 7) is 1.75. The molecule has 1 aromatic rings. The standard InChI is InChI=1S/C15H19N3O/c16-5-1-2-12-8-15(9-12)18-11-14(10-17-18)13-3-6-19-7-4-13/h1-2,10-13,15H,3-4,6-9H2/b2-1+. The zero-order valence-electron chi connectivity index (χ0n) is 11.0. The van der Waals surface area contributed by atoms with Crippen LogP contribution in [0.1, 0.15) is 43.2 Å². The molecule has 4 nitrogen and oxygen atoms in total. The van der Waals surface area contributed by atoms with Gasteiger partial charge in [-0.15, -0.1) is 0 Å². The lowest BCUT2D eigenvalue weighted by Crippen LogP contribution is -2.25. The molecule has 0 bridgehead atoms. The second kappa shape index (κ2) is 5.58. The molecule has 1 aliphatic carbocycles. The lowest BCUT2D eigenvalue weighted by atomic mass is 9.80. The van der Waals surface area contributed by atoms with E-state index in [1.165, 1.54) is 5.56 Å². The Kier molecular flexibility index (Phi) is 3.65. The molecular formula is C15H19N3O. The third-order valence-corrected chi connectivity index (χ3v) is 4.28. The first-order valence-corrected chi connectivity index (χ1v) is 7.05. The van der Waals surface area contributed by atoms with Crippen molar-refractivity contribution < 1.29 is 4.74 Å². The quantitative estimate of drug-likeness (QED) is 0.782. The number of hydrogen-bond donors (Lipinski definition) is 0. The van der Waals surface area contributed by atoms with Crippen LogP contribution in [0.4, 0.5) is 0 Å². The van der Waals surface area contributed by atoms with Gasteiger partial charge in [0.25, 0.3) is 0 Å². The highest BCUT2D eigenvalue weighted by atomic mass is 16.5. The Bertz CT molecular complexity index is 488. The summed E-state index contributed by atoms with van der Waals surface area (Å²) in [6.07, 6.45) is 12.3. The fourth-order valence-electron chi connectivity index (χ4n) is 2.98. The molecule has 100 valence electrons. The maximum absolute atomic E-state index is 8.50. The lowest BCUT2D eigenvalue weighted by Gasteiger charge is -2.33. The minimum Gasteiger partial charge on any atom is -0.381 e. The Labute approximate surface area is 113 Å². The van der Waals surface area contributed by atoms with Crippen molar-refractivity contribution in [1.29, 1.82) is 5.26 Å². The second-order valence-electron chi connectivity index (χ2n) is 5.51. The SMILES string of the molecule is N#C/C=C/C1CC(n2cc(C3CCOCC3)cn2)C1. The van der Waals surface area contributed by atoms with Crippen LogP contribution in [-0.4, -0.2) is 23.0 Å². The second-order valence-corrected chi connectivity index (χ2v) is 5.51. The molecule has 4 heteroatoms. The van der Waals surface area contributed by atoms with Gasteiger partial charge in [-0.25, -0.2) is 0 Å². The van der Waals surface area contributed by atoms with E-state index in [1.54, 1.807) is 6.08 Å². The van der Waals surface area contributed by atoms with E-state index in [0.29, 0.717) is 17.9 Å². The number of ether oxygens (including phenoxy) is 1. The predicted octanol–water partition coefficient (Wildman–Crippen LogP) is 2.81. The van der Waals surface area contributed by atoms with E-state index < -0.39 is 0 Å². The molecular weight excluding hydrogens is 238 g/mol. The highest BCUT2D eigenvalue weighted by molar-refractivity contribution is 5.14. The van der Waals surface area contributed by atoms with Crippen LogP contribution in [0.3, 0.4) is 0 Å². The summed E-state index contributed by atoms with van der Waals surface area (Å²) in [5, 5.41) is 13.0. The molecule has 0 N–H and O–H groups in total. The van der Waals surface area contributed by atoms with Crippen molar-refractivity contribution in [2.75, 3.05) is 13.2 Å². The average Bonchev–Trinajstić information content (AvgIpc) is 2.87. The summed E-state index contributed by atoms with van der Waals surface area (Å²) in [5.74, 6) is 1.18. The van der Waals surface area contributed by atoms with Crippen LogP contribution in [0.2, 0.25) is 0 Å². The fraction of sp³-hybridized carbons (Fsp3) is 0.600. The van der Waals surface area contributed by atoms with Crippen molar-refractivity contribution in [3.8, 4) is 6.07 Å². The van der Waals surface area contributed by atoms with Crippen LogP contribution in [0, 0.1) is 17.2 Å². The van der Waals surface area contributed by atoms with Crippen LogP contribution >= 0.6 is 0 Å². The third kappa shape index (κ3) is 2.71. The number of aromatic nitrogens is 2. The number of nitriles is 1. The molecule has 1 aliphatic heterocycles. The molecule has 1 saturated carbocycles. The Morgan fingerprint density at radius 2 is 2.16 bits per heavy atom. The zero-order chi connectivity index (χ0) is 13.1. The van der Waals surface area contributed by atoms with Crippen LogP contribution < -0.4 is 0 Å². The van der Waals surface area contributed by atoms with Crippen LogP contribution in [0.15, 0.2) is 24.5 Å². The van der Waals surface area contributed by atoms with E-state index in [9.17, 15) is 0 Å². The third-order valence-electron chi connectivity index (χ3n) is 4.28. The summed E-state index contributed by atoms with van der Waals surface area (Å²) in [4.78, 5) is 0. The van der Waals surface area contributed by atoms with Gasteiger partial charge in [0.05, 0.1) is 18.3 Å². The van der Waals surface area contributed by atoms with Gasteiger partial charge in [0.1, 0.15) is 0 Å². The Morgan fingerprint density at radius 1 is 1.37 bits per heavy atom. The first-order chi connectivity index (χ1) is 9.36. The molecule has 19 heavy (non-hydrogen) atoms. The first-order valence-electron chi connectivity index (χ1n) is 7.05. The Balaban J connectivity index is 1.57. The van der Waals surface area contributed by atoms with E-state index in [4.69, 9.17) is 10.00 Å². The van der Waals surface area contributed by atoms with Crippen molar-refractivity contribution in [3.63, 3.8) is 0 Å². The van der Waals surface area contributed by atoms with Gasteiger partial charge < -0.3 is 4.74 Å². The number of hydrogen-bond acceptors (Lipinski definition) is 3. The van der Waals surface area contributed by atoms with Gasteiger partial charge in [0.15, 0.2) is 0 Å². The fourth-order valence-corrected chi connectivity index (χ4v) is 2.98. The summed E-state index contributed by atoms with van der Waals surface area (Å²) in [7, 11) is 0. The molecule has 2 heterocycles. The zero-order valence-corrected chi connectivity index (χ0v) is 11.0. The van der Waals surface area contributed by atoms with Gasteiger partial charge in [0, 0.05) is 25.5 Å². The number of allylic oxidation sites excluding steroid dienone is 2. The lowest BCUT2D eigenvalue weighted by molar-refractivity contribution is 0.0853. The van der Waals surface area contributed by atoms with E-state index in [0.717, 1.165) is 38.9 Å². The van der Waals surface area contributed by atoms with Crippen LogP contribution in [-0.2, 0) is 4.74 Å². The summed E-state index contributed by atoms with van der Waals surface area (Å²) >= 11 is 0. The average molecular weight is 257 g/mol. The van der Waals surface area contributed by atoms with Crippen LogP contribution in [0.25, 0.3) is 0 Å².